The van der Waals surface area contributed by atoms with Crippen LogP contribution < -0.4 is 10.7 Å². The van der Waals surface area contributed by atoms with Gasteiger partial charge in [-0.3, -0.25) is 14.4 Å². The number of carbonyl (C=O) groups is 2. The number of nitrogens with zero attached hydrogens (tertiary/aromatic N) is 3. The molecule has 0 aliphatic carbocycles. The molecule has 4 heterocycles. The molecular weight excluding hydrogens is 494 g/mol. The summed E-state index contributed by atoms with van der Waals surface area (Å²) in [5.74, 6) is -3.18. The molecule has 1 fully saturated rings. The van der Waals surface area contributed by atoms with Gasteiger partial charge in [-0.05, 0) is 37.8 Å². The number of aromatic nitrogens is 1. The molecule has 0 unspecified atom stereocenters. The molecule has 9 nitrogen and oxygen atoms in total. The number of methoxy groups -OCH3 is 1. The third kappa shape index (κ3) is 3.83. The summed E-state index contributed by atoms with van der Waals surface area (Å²) in [6.45, 7) is 1.94. The summed E-state index contributed by atoms with van der Waals surface area (Å²) in [6, 6.07) is 2.42. The van der Waals surface area contributed by atoms with Gasteiger partial charge in [0.25, 0.3) is 11.8 Å². The van der Waals surface area contributed by atoms with Crippen molar-refractivity contribution in [3.8, 4) is 5.75 Å². The van der Waals surface area contributed by atoms with E-state index in [1.165, 1.54) is 35.9 Å². The summed E-state index contributed by atoms with van der Waals surface area (Å²) >= 11 is 1.35. The van der Waals surface area contributed by atoms with E-state index in [-0.39, 0.29) is 29.4 Å². The van der Waals surface area contributed by atoms with Gasteiger partial charge in [0.1, 0.15) is 17.2 Å². The zero-order valence-electron chi connectivity index (χ0n) is 19.6. The number of halogens is 2. The van der Waals surface area contributed by atoms with Gasteiger partial charge in [0.15, 0.2) is 17.3 Å². The van der Waals surface area contributed by atoms with Crippen molar-refractivity contribution >= 4 is 29.7 Å². The lowest BCUT2D eigenvalue weighted by Crippen LogP contribution is -2.51. The predicted molar refractivity (Wildman–Crippen MR) is 128 cm³/mol. The van der Waals surface area contributed by atoms with Crippen LogP contribution in [0, 0.1) is 11.6 Å². The Morgan fingerprint density at radius 3 is 2.83 bits per heavy atom. The minimum absolute atomic E-state index is 0.0289. The topological polar surface area (TPSA) is 113 Å². The molecule has 1 saturated heterocycles. The largest absolute Gasteiger partial charge is 0.503 e. The maximum Gasteiger partial charge on any atom is 0.274 e. The van der Waals surface area contributed by atoms with Crippen LogP contribution in [0.2, 0.25) is 0 Å². The third-order valence-electron chi connectivity index (χ3n) is 7.22. The van der Waals surface area contributed by atoms with Crippen LogP contribution in [0.3, 0.4) is 0 Å². The van der Waals surface area contributed by atoms with E-state index in [1.54, 1.807) is 4.90 Å². The lowest BCUT2D eigenvalue weighted by molar-refractivity contribution is 0.0595. The summed E-state index contributed by atoms with van der Waals surface area (Å²) in [7, 11) is 1.54. The van der Waals surface area contributed by atoms with E-state index in [0.717, 1.165) is 6.07 Å². The van der Waals surface area contributed by atoms with Crippen molar-refractivity contribution in [3.63, 3.8) is 0 Å². The molecule has 1 spiro atoms. The van der Waals surface area contributed by atoms with E-state index < -0.39 is 45.4 Å². The second-order valence-corrected chi connectivity index (χ2v) is 10.5. The molecule has 3 aliphatic rings. The Kier molecular flexibility index (Phi) is 6.01. The average Bonchev–Trinajstić information content (AvgIpc) is 3.23. The van der Waals surface area contributed by atoms with Crippen molar-refractivity contribution in [2.24, 2.45) is 4.40 Å². The first-order valence-corrected chi connectivity index (χ1v) is 12.2. The Balaban J connectivity index is 1.54. The van der Waals surface area contributed by atoms with Crippen LogP contribution in [0.15, 0.2) is 33.6 Å². The summed E-state index contributed by atoms with van der Waals surface area (Å²) in [5.41, 5.74) is -1.53. The Hall–Kier alpha value is -3.41. The van der Waals surface area contributed by atoms with E-state index in [0.29, 0.717) is 37.8 Å². The fourth-order valence-corrected chi connectivity index (χ4v) is 6.26. The molecule has 3 atom stereocenters. The Morgan fingerprint density at radius 2 is 2.14 bits per heavy atom. The first kappa shape index (κ1) is 24.3. The highest BCUT2D eigenvalue weighted by Crippen LogP contribution is 2.52. The van der Waals surface area contributed by atoms with Crippen LogP contribution >= 0.6 is 11.9 Å². The van der Waals surface area contributed by atoms with E-state index in [9.17, 15) is 28.3 Å². The molecule has 2 amide bonds. The number of amides is 2. The number of hydrogen-bond acceptors (Lipinski definition) is 7. The van der Waals surface area contributed by atoms with Crippen LogP contribution in [0.25, 0.3) is 0 Å². The highest BCUT2D eigenvalue weighted by atomic mass is 32.2. The number of rotatable bonds is 3. The smallest absolute Gasteiger partial charge is 0.274 e. The quantitative estimate of drug-likeness (QED) is 0.605. The van der Waals surface area contributed by atoms with Gasteiger partial charge < -0.3 is 24.6 Å². The molecule has 1 aromatic carbocycles. The molecule has 3 aliphatic heterocycles. The van der Waals surface area contributed by atoms with Crippen molar-refractivity contribution in [1.29, 1.82) is 0 Å². The maximum atomic E-state index is 14.0. The number of ether oxygens (including phenoxy) is 1. The molecule has 2 aromatic rings. The number of pyridine rings is 1. The lowest BCUT2D eigenvalue weighted by atomic mass is 9.89. The second kappa shape index (κ2) is 8.91. The molecule has 1 aromatic heterocycles. The molecule has 5 rings (SSSR count). The van der Waals surface area contributed by atoms with Gasteiger partial charge >= 0.3 is 0 Å². The maximum absolute atomic E-state index is 14.0. The number of hydrogen-bond donors (Lipinski definition) is 2. The molecule has 36 heavy (non-hydrogen) atoms. The number of fused-ring (bicyclic) bond motifs is 5. The van der Waals surface area contributed by atoms with Gasteiger partial charge in [-0.2, -0.15) is 4.40 Å². The molecule has 0 radical (unpaired) electrons. The minimum atomic E-state index is -0.999. The Morgan fingerprint density at radius 1 is 1.36 bits per heavy atom. The van der Waals surface area contributed by atoms with Crippen molar-refractivity contribution in [2.45, 2.75) is 49.6 Å². The molecule has 0 saturated carbocycles. The summed E-state index contributed by atoms with van der Waals surface area (Å²) in [5, 5.41) is 13.3. The van der Waals surface area contributed by atoms with E-state index >= 15 is 0 Å². The summed E-state index contributed by atoms with van der Waals surface area (Å²) < 4.78 is 38.0. The van der Waals surface area contributed by atoms with E-state index in [1.807, 2.05) is 6.92 Å². The predicted octanol–water partition coefficient (Wildman–Crippen LogP) is 2.78. The van der Waals surface area contributed by atoms with Crippen LogP contribution in [-0.4, -0.2) is 56.7 Å². The van der Waals surface area contributed by atoms with Gasteiger partial charge in [-0.25, -0.2) is 8.78 Å². The number of aromatic hydroxyl groups is 1. The lowest BCUT2D eigenvalue weighted by Gasteiger charge is -2.42. The van der Waals surface area contributed by atoms with Crippen LogP contribution in [0.4, 0.5) is 8.78 Å². The van der Waals surface area contributed by atoms with Gasteiger partial charge in [0.05, 0.1) is 17.9 Å². The molecule has 2 N–H and O–H groups in total. The van der Waals surface area contributed by atoms with Crippen molar-refractivity contribution < 1.29 is 28.2 Å². The monoisotopic (exact) mass is 518 g/mol. The molecule has 2 bridgehead atoms. The number of benzene rings is 1. The van der Waals surface area contributed by atoms with Crippen LogP contribution in [0.5, 0.6) is 5.75 Å². The van der Waals surface area contributed by atoms with Gasteiger partial charge in [0.2, 0.25) is 5.43 Å². The standard InChI is InChI=1S/C24H24F2N4O5S/c1-12-5-6-24(8-18(35-2)28-36-24)17-11-29(12)23(34)19-21(32)20(31)15(10-30(17)19)22(33)27-9-13-3-4-14(25)7-16(13)26/h3-4,7,10,12,17,32H,5-6,8-9,11H2,1-2H3,(H,27,33)/t12-,17+,24-/m0/s1. The van der Waals surface area contributed by atoms with Crippen molar-refractivity contribution in [3.05, 3.63) is 63.1 Å². The number of carbonyl (C=O) groups excluding carboxylic acids is 2. The highest BCUT2D eigenvalue weighted by Gasteiger charge is 2.53. The first-order valence-electron chi connectivity index (χ1n) is 11.5. The Labute approximate surface area is 209 Å². The second-order valence-electron chi connectivity index (χ2n) is 9.28. The van der Waals surface area contributed by atoms with Gasteiger partial charge in [-0.15, -0.1) is 0 Å². The van der Waals surface area contributed by atoms with E-state index in [2.05, 4.69) is 9.71 Å². The van der Waals surface area contributed by atoms with Crippen LogP contribution in [-0.2, 0) is 11.3 Å². The fourth-order valence-electron chi connectivity index (χ4n) is 5.13. The zero-order valence-corrected chi connectivity index (χ0v) is 20.4. The molecule has 12 heteroatoms. The van der Waals surface area contributed by atoms with Gasteiger partial charge in [-0.1, -0.05) is 6.07 Å². The van der Waals surface area contributed by atoms with E-state index in [4.69, 9.17) is 4.74 Å². The molecule has 190 valence electrons. The SMILES string of the molecule is COC1=NS[C@@]2(CC[C@H](C)N3C[C@H]2n2cc(C(=O)NCc4ccc(F)cc4F)c(=O)c(O)c2C3=O)C1. The van der Waals surface area contributed by atoms with Crippen LogP contribution in [0.1, 0.15) is 58.6 Å². The average molecular weight is 519 g/mol. The summed E-state index contributed by atoms with van der Waals surface area (Å²) in [4.78, 5) is 40.9. The zero-order chi connectivity index (χ0) is 25.8. The fraction of sp³-hybridized carbons (Fsp3) is 0.417. The van der Waals surface area contributed by atoms with Crippen molar-refractivity contribution in [1.82, 2.24) is 14.8 Å². The first-order chi connectivity index (χ1) is 17.1. The normalized spacial score (nSPS) is 24.8. The Bertz CT molecular complexity index is 1360. The van der Waals surface area contributed by atoms with Gasteiger partial charge in [0, 0.05) is 43.4 Å². The minimum Gasteiger partial charge on any atom is -0.503 e. The summed E-state index contributed by atoms with van der Waals surface area (Å²) in [6.07, 6.45) is 3.17. The third-order valence-corrected chi connectivity index (χ3v) is 8.50. The molecular formula is C24H24F2N4O5S. The highest BCUT2D eigenvalue weighted by molar-refractivity contribution is 8.00. The number of nitrogens with one attached hydrogen (secondary N) is 1. The van der Waals surface area contributed by atoms with Crippen molar-refractivity contribution in [2.75, 3.05) is 13.7 Å².